The summed E-state index contributed by atoms with van der Waals surface area (Å²) in [6.45, 7) is 7.83. The Balaban J connectivity index is 3.77. The minimum Gasteiger partial charge on any atom is -0.464 e. The van der Waals surface area contributed by atoms with Crippen molar-refractivity contribution in [3.05, 3.63) is 29.8 Å². The van der Waals surface area contributed by atoms with Gasteiger partial charge in [0.05, 0.1) is 24.7 Å². The summed E-state index contributed by atoms with van der Waals surface area (Å²) in [6, 6.07) is 4.64. The number of halogens is 3. The molecule has 0 fully saturated rings. The molecule has 202 valence electrons. The molecule has 0 aliphatic rings. The fourth-order valence-corrected chi connectivity index (χ4v) is 5.59. The van der Waals surface area contributed by atoms with Crippen molar-refractivity contribution in [2.45, 2.75) is 57.9 Å². The largest absolute Gasteiger partial charge is 0.464 e. The molecular formula is C20H31F3NO9PS. The predicted octanol–water partition coefficient (Wildman–Crippen LogP) is 4.50. The van der Waals surface area contributed by atoms with Crippen molar-refractivity contribution in [1.29, 1.82) is 0 Å². The topological polar surface area (TPSA) is 126 Å². The Hall–Kier alpha value is -1.54. The number of benzene rings is 1. The van der Waals surface area contributed by atoms with Crippen LogP contribution < -0.4 is 4.72 Å². The zero-order valence-corrected chi connectivity index (χ0v) is 22.0. The highest BCUT2D eigenvalue weighted by Crippen LogP contribution is 2.65. The van der Waals surface area contributed by atoms with Gasteiger partial charge in [0.1, 0.15) is 0 Å². The first-order valence-corrected chi connectivity index (χ1v) is 13.6. The molecule has 1 atom stereocenters. The molecule has 1 rings (SSSR count). The first-order valence-electron chi connectivity index (χ1n) is 10.6. The number of hydrogen-bond donors (Lipinski definition) is 1. The summed E-state index contributed by atoms with van der Waals surface area (Å²) in [6.07, 6.45) is -5.91. The molecule has 0 aliphatic carbocycles. The van der Waals surface area contributed by atoms with Crippen LogP contribution in [0.1, 0.15) is 40.2 Å². The molecule has 0 saturated carbocycles. The van der Waals surface area contributed by atoms with Gasteiger partial charge in [-0.25, -0.2) is 23.0 Å². The smallest absolute Gasteiger partial charge is 0.430 e. The number of nitrogens with one attached hydrogen (secondary N) is 1. The molecule has 0 aliphatic heterocycles. The number of hydrogen-bond acceptors (Lipinski definition) is 9. The van der Waals surface area contributed by atoms with Gasteiger partial charge < -0.3 is 4.74 Å². The van der Waals surface area contributed by atoms with Gasteiger partial charge in [0.15, 0.2) is 0 Å². The third kappa shape index (κ3) is 7.97. The van der Waals surface area contributed by atoms with Crippen LogP contribution in [0.15, 0.2) is 29.2 Å². The molecule has 0 saturated heterocycles. The summed E-state index contributed by atoms with van der Waals surface area (Å²) in [5, 5.41) is -4.58. The minimum absolute atomic E-state index is 0.313. The van der Waals surface area contributed by atoms with Crippen LogP contribution in [0.2, 0.25) is 0 Å². The number of carbonyl (C=O) groups is 1. The van der Waals surface area contributed by atoms with Crippen molar-refractivity contribution < 1.29 is 54.8 Å². The van der Waals surface area contributed by atoms with Crippen molar-refractivity contribution in [2.24, 2.45) is 11.8 Å². The predicted molar refractivity (Wildman–Crippen MR) is 118 cm³/mol. The molecule has 1 N–H and O–H groups in total. The van der Waals surface area contributed by atoms with E-state index in [0.717, 1.165) is 12.1 Å². The number of sulfonamides is 1. The fourth-order valence-electron chi connectivity index (χ4n) is 2.34. The summed E-state index contributed by atoms with van der Waals surface area (Å²) in [4.78, 5) is 21.5. The molecule has 1 unspecified atom stereocenters. The van der Waals surface area contributed by atoms with E-state index in [9.17, 15) is 30.9 Å². The maximum atomic E-state index is 14.7. The van der Waals surface area contributed by atoms with Crippen LogP contribution in [0.4, 0.5) is 13.2 Å². The monoisotopic (exact) mass is 549 g/mol. The summed E-state index contributed by atoms with van der Waals surface area (Å²) in [5.41, 5.74) is 0.609. The van der Waals surface area contributed by atoms with Crippen molar-refractivity contribution in [3.8, 4) is 0 Å². The van der Waals surface area contributed by atoms with Crippen LogP contribution in [-0.2, 0) is 43.2 Å². The van der Waals surface area contributed by atoms with Gasteiger partial charge in [-0.1, -0.05) is 45.4 Å². The number of esters is 1. The summed E-state index contributed by atoms with van der Waals surface area (Å²) in [5.74, 6) is -2.91. The Morgan fingerprint density at radius 2 is 1.46 bits per heavy atom. The van der Waals surface area contributed by atoms with E-state index in [1.807, 2.05) is 0 Å². The highest BCUT2D eigenvalue weighted by atomic mass is 32.2. The Morgan fingerprint density at radius 1 is 1.00 bits per heavy atom. The first-order chi connectivity index (χ1) is 16.0. The molecule has 0 aromatic heterocycles. The van der Waals surface area contributed by atoms with Crippen LogP contribution in [0, 0.1) is 18.8 Å². The Bertz CT molecular complexity index is 967. The van der Waals surface area contributed by atoms with Gasteiger partial charge in [-0.3, -0.25) is 4.57 Å². The molecule has 1 aromatic carbocycles. The SMILES string of the molecule is CCOC(=O)C(NS(=O)(=O)c1ccc(C)cc1)(C(F)(F)F)P(=O)(OOCC(C)C)OOCC(C)C. The van der Waals surface area contributed by atoms with E-state index in [4.69, 9.17) is 0 Å². The lowest BCUT2D eigenvalue weighted by atomic mass is 10.2. The number of alkyl halides is 3. The summed E-state index contributed by atoms with van der Waals surface area (Å²) >= 11 is 0. The lowest BCUT2D eigenvalue weighted by Gasteiger charge is -2.36. The normalized spacial score (nSPS) is 14.8. The second kappa shape index (κ2) is 12.6. The fraction of sp³-hybridized carbons (Fsp3) is 0.650. The van der Waals surface area contributed by atoms with Crippen molar-refractivity contribution in [1.82, 2.24) is 4.72 Å². The van der Waals surface area contributed by atoms with E-state index in [1.54, 1.807) is 34.6 Å². The average molecular weight is 550 g/mol. The molecule has 0 radical (unpaired) electrons. The van der Waals surface area contributed by atoms with E-state index in [-0.39, 0.29) is 25.0 Å². The third-order valence-corrected chi connectivity index (χ3v) is 7.70. The van der Waals surface area contributed by atoms with Gasteiger partial charge in [0.25, 0.3) is 0 Å². The molecule has 0 amide bonds. The van der Waals surface area contributed by atoms with Crippen molar-refractivity contribution in [2.75, 3.05) is 19.8 Å². The average Bonchev–Trinajstić information content (AvgIpc) is 2.71. The number of ether oxygens (including phenoxy) is 1. The van der Waals surface area contributed by atoms with Crippen LogP contribution in [-0.4, -0.2) is 45.7 Å². The highest BCUT2D eigenvalue weighted by molar-refractivity contribution is 7.90. The first kappa shape index (κ1) is 31.5. The van der Waals surface area contributed by atoms with E-state index in [2.05, 4.69) is 23.9 Å². The number of rotatable bonds is 14. The zero-order valence-electron chi connectivity index (χ0n) is 20.2. The Labute approximate surface area is 202 Å². The molecule has 10 nitrogen and oxygen atoms in total. The molecule has 0 bridgehead atoms. The highest BCUT2D eigenvalue weighted by Gasteiger charge is 2.78. The van der Waals surface area contributed by atoms with E-state index in [1.165, 1.54) is 23.8 Å². The second-order valence-corrected chi connectivity index (χ2v) is 12.0. The van der Waals surface area contributed by atoms with Crippen LogP contribution in [0.25, 0.3) is 0 Å². The quantitative estimate of drug-likeness (QED) is 0.155. The molecule has 0 heterocycles. The summed E-state index contributed by atoms with van der Waals surface area (Å²) < 4.78 is 98.4. The number of carbonyl (C=O) groups excluding carboxylic acids is 1. The van der Waals surface area contributed by atoms with Gasteiger partial charge >= 0.3 is 25.0 Å². The van der Waals surface area contributed by atoms with Gasteiger partial charge in [0, 0.05) is 0 Å². The van der Waals surface area contributed by atoms with Crippen molar-refractivity contribution in [3.63, 3.8) is 0 Å². The van der Waals surface area contributed by atoms with Gasteiger partial charge in [-0.15, -0.1) is 9.35 Å². The van der Waals surface area contributed by atoms with Gasteiger partial charge in [-0.05, 0) is 37.8 Å². The van der Waals surface area contributed by atoms with Crippen LogP contribution in [0.3, 0.4) is 0 Å². The molecule has 1 aromatic rings. The Kier molecular flexibility index (Phi) is 11.4. The Morgan fingerprint density at radius 3 is 1.83 bits per heavy atom. The van der Waals surface area contributed by atoms with Gasteiger partial charge in [-0.2, -0.15) is 17.9 Å². The number of aryl methyl sites for hydroxylation is 1. The maximum Gasteiger partial charge on any atom is 0.430 e. The van der Waals surface area contributed by atoms with Crippen molar-refractivity contribution >= 4 is 23.6 Å². The molecule has 35 heavy (non-hydrogen) atoms. The molecule has 15 heteroatoms. The van der Waals surface area contributed by atoms with Gasteiger partial charge in [0.2, 0.25) is 10.0 Å². The lowest BCUT2D eigenvalue weighted by Crippen LogP contribution is -2.64. The molecule has 0 spiro atoms. The third-order valence-electron chi connectivity index (χ3n) is 4.11. The standard InChI is InChI=1S/C20H31F3NO9PS/c1-7-29-18(25)19(20(21,22)23,24-35(27,28)17-10-8-16(6)9-11-17)34(26,32-30-12-14(2)3)33-31-13-15(4)5/h8-11,14-15,24H,7,12-13H2,1-6H3. The summed E-state index contributed by atoms with van der Waals surface area (Å²) in [7, 11) is -11.2. The second-order valence-electron chi connectivity index (χ2n) is 8.35. The van der Waals surface area contributed by atoms with E-state index in [0.29, 0.717) is 5.56 Å². The van der Waals surface area contributed by atoms with E-state index >= 15 is 0 Å². The van der Waals surface area contributed by atoms with E-state index < -0.39 is 46.5 Å². The lowest BCUT2D eigenvalue weighted by molar-refractivity contribution is -0.286. The van der Waals surface area contributed by atoms with Crippen LogP contribution in [0.5, 0.6) is 0 Å². The molecular weight excluding hydrogens is 518 g/mol. The zero-order chi connectivity index (χ0) is 27.1. The van der Waals surface area contributed by atoms with Crippen LogP contribution >= 0.6 is 7.60 Å². The minimum atomic E-state index is -6.04. The maximum absolute atomic E-state index is 14.7.